The highest BCUT2D eigenvalue weighted by atomic mass is 16.5. The van der Waals surface area contributed by atoms with Crippen LogP contribution in [-0.4, -0.2) is 28.9 Å². The number of rotatable bonds is 4. The third kappa shape index (κ3) is 3.74. The summed E-state index contributed by atoms with van der Waals surface area (Å²) in [7, 11) is 0. The molecule has 1 amide bonds. The Morgan fingerprint density at radius 2 is 2.23 bits per heavy atom. The van der Waals surface area contributed by atoms with Crippen LogP contribution in [0.25, 0.3) is 0 Å². The first-order chi connectivity index (χ1) is 10.7. The zero-order chi connectivity index (χ0) is 15.4. The van der Waals surface area contributed by atoms with E-state index in [1.165, 1.54) is 0 Å². The second-order valence-electron chi connectivity index (χ2n) is 5.83. The van der Waals surface area contributed by atoms with Gasteiger partial charge in [0.15, 0.2) is 0 Å². The first-order valence-corrected chi connectivity index (χ1v) is 7.69. The summed E-state index contributed by atoms with van der Waals surface area (Å²) in [5.41, 5.74) is 2.47. The van der Waals surface area contributed by atoms with Crippen molar-refractivity contribution in [3.8, 4) is 0 Å². The normalized spacial score (nSPS) is 15.7. The molecule has 116 valence electrons. The van der Waals surface area contributed by atoms with E-state index < -0.39 is 0 Å². The van der Waals surface area contributed by atoms with Crippen LogP contribution in [0, 0.1) is 12.8 Å². The molecule has 1 aliphatic heterocycles. The van der Waals surface area contributed by atoms with Gasteiger partial charge in [-0.25, -0.2) is 0 Å². The average molecular weight is 299 g/mol. The Morgan fingerprint density at radius 1 is 1.41 bits per heavy atom. The van der Waals surface area contributed by atoms with E-state index in [0.29, 0.717) is 11.5 Å². The van der Waals surface area contributed by atoms with Crippen molar-refractivity contribution in [1.29, 1.82) is 0 Å². The van der Waals surface area contributed by atoms with Gasteiger partial charge in [0.25, 0.3) is 5.91 Å². The van der Waals surface area contributed by atoms with Gasteiger partial charge in [-0.1, -0.05) is 17.7 Å². The topological polar surface area (TPSA) is 56.2 Å². The first-order valence-electron chi connectivity index (χ1n) is 7.69. The number of benzene rings is 1. The molecule has 2 heterocycles. The second kappa shape index (κ2) is 6.75. The van der Waals surface area contributed by atoms with Gasteiger partial charge in [-0.15, -0.1) is 0 Å². The summed E-state index contributed by atoms with van der Waals surface area (Å²) in [5.74, 6) is 0.503. The predicted molar refractivity (Wildman–Crippen MR) is 84.9 cm³/mol. The van der Waals surface area contributed by atoms with E-state index in [-0.39, 0.29) is 5.91 Å². The van der Waals surface area contributed by atoms with E-state index in [0.717, 1.165) is 43.9 Å². The SMILES string of the molecule is Cc1cccc(C(=O)Nc2cnn(CC3CCOCC3)c2)c1. The third-order valence-electron chi connectivity index (χ3n) is 3.96. The molecule has 0 unspecified atom stereocenters. The molecule has 1 fully saturated rings. The van der Waals surface area contributed by atoms with Crippen LogP contribution in [0.15, 0.2) is 36.7 Å². The van der Waals surface area contributed by atoms with Crippen molar-refractivity contribution in [2.24, 2.45) is 5.92 Å². The minimum atomic E-state index is -0.102. The molecule has 0 spiro atoms. The number of carbonyl (C=O) groups excluding carboxylic acids is 1. The summed E-state index contributed by atoms with van der Waals surface area (Å²) in [6.07, 6.45) is 5.74. The van der Waals surface area contributed by atoms with E-state index in [4.69, 9.17) is 4.74 Å². The Hall–Kier alpha value is -2.14. The van der Waals surface area contributed by atoms with Gasteiger partial charge < -0.3 is 10.1 Å². The smallest absolute Gasteiger partial charge is 0.255 e. The Balaban J connectivity index is 1.60. The molecular formula is C17H21N3O2. The third-order valence-corrected chi connectivity index (χ3v) is 3.96. The van der Waals surface area contributed by atoms with E-state index in [1.807, 2.05) is 42.1 Å². The highest BCUT2D eigenvalue weighted by molar-refractivity contribution is 6.04. The molecule has 1 saturated heterocycles. The number of aryl methyl sites for hydroxylation is 1. The van der Waals surface area contributed by atoms with Gasteiger partial charge in [0.2, 0.25) is 0 Å². The largest absolute Gasteiger partial charge is 0.381 e. The quantitative estimate of drug-likeness (QED) is 0.944. The Labute approximate surface area is 130 Å². The molecule has 0 saturated carbocycles. The van der Waals surface area contributed by atoms with Crippen LogP contribution in [-0.2, 0) is 11.3 Å². The van der Waals surface area contributed by atoms with Crippen molar-refractivity contribution < 1.29 is 9.53 Å². The molecule has 1 aliphatic rings. The van der Waals surface area contributed by atoms with Crippen LogP contribution in [0.4, 0.5) is 5.69 Å². The van der Waals surface area contributed by atoms with Crippen LogP contribution in [0.3, 0.4) is 0 Å². The van der Waals surface area contributed by atoms with E-state index in [2.05, 4.69) is 10.4 Å². The lowest BCUT2D eigenvalue weighted by atomic mass is 10.0. The number of nitrogens with one attached hydrogen (secondary N) is 1. The lowest BCUT2D eigenvalue weighted by Crippen LogP contribution is -2.20. The Kier molecular flexibility index (Phi) is 4.53. The van der Waals surface area contributed by atoms with Gasteiger partial charge in [0.1, 0.15) is 0 Å². The maximum atomic E-state index is 12.2. The lowest BCUT2D eigenvalue weighted by Gasteiger charge is -2.21. The van der Waals surface area contributed by atoms with E-state index in [1.54, 1.807) is 6.20 Å². The lowest BCUT2D eigenvalue weighted by molar-refractivity contribution is 0.0601. The van der Waals surface area contributed by atoms with Crippen molar-refractivity contribution in [2.45, 2.75) is 26.3 Å². The summed E-state index contributed by atoms with van der Waals surface area (Å²) < 4.78 is 7.27. The molecule has 1 N–H and O–H groups in total. The van der Waals surface area contributed by atoms with E-state index >= 15 is 0 Å². The van der Waals surface area contributed by atoms with Gasteiger partial charge in [-0.3, -0.25) is 9.48 Å². The van der Waals surface area contributed by atoms with Crippen molar-refractivity contribution in [1.82, 2.24) is 9.78 Å². The minimum absolute atomic E-state index is 0.102. The average Bonchev–Trinajstić information content (AvgIpc) is 2.95. The number of carbonyl (C=O) groups is 1. The van der Waals surface area contributed by atoms with Crippen LogP contribution in [0.1, 0.15) is 28.8 Å². The fraction of sp³-hybridized carbons (Fsp3) is 0.412. The standard InChI is InChI=1S/C17H21N3O2/c1-13-3-2-4-15(9-13)17(21)19-16-10-18-20(12-16)11-14-5-7-22-8-6-14/h2-4,9-10,12,14H,5-8,11H2,1H3,(H,19,21). The van der Waals surface area contributed by atoms with Gasteiger partial charge in [-0.2, -0.15) is 5.10 Å². The van der Waals surface area contributed by atoms with Crippen LogP contribution >= 0.6 is 0 Å². The van der Waals surface area contributed by atoms with Gasteiger partial charge in [-0.05, 0) is 37.8 Å². The predicted octanol–water partition coefficient (Wildman–Crippen LogP) is 2.87. The van der Waals surface area contributed by atoms with Crippen molar-refractivity contribution in [3.05, 3.63) is 47.8 Å². The molecule has 2 aromatic rings. The van der Waals surface area contributed by atoms with Crippen molar-refractivity contribution in [3.63, 3.8) is 0 Å². The summed E-state index contributed by atoms with van der Waals surface area (Å²) in [4.78, 5) is 12.2. The molecule has 0 radical (unpaired) electrons. The summed E-state index contributed by atoms with van der Waals surface area (Å²) in [6.45, 7) is 4.53. The van der Waals surface area contributed by atoms with Crippen LogP contribution < -0.4 is 5.32 Å². The number of hydrogen-bond acceptors (Lipinski definition) is 3. The molecule has 5 heteroatoms. The van der Waals surface area contributed by atoms with Crippen molar-refractivity contribution >= 4 is 11.6 Å². The van der Waals surface area contributed by atoms with Gasteiger partial charge in [0.05, 0.1) is 11.9 Å². The Bertz CT molecular complexity index is 645. The monoisotopic (exact) mass is 299 g/mol. The molecule has 0 atom stereocenters. The zero-order valence-electron chi connectivity index (χ0n) is 12.8. The highest BCUT2D eigenvalue weighted by Gasteiger charge is 2.15. The first kappa shape index (κ1) is 14.8. The summed E-state index contributed by atoms with van der Waals surface area (Å²) in [6, 6.07) is 7.55. The molecule has 1 aromatic carbocycles. The Morgan fingerprint density at radius 3 is 3.00 bits per heavy atom. The number of nitrogens with zero attached hydrogens (tertiary/aromatic N) is 2. The molecule has 5 nitrogen and oxygen atoms in total. The summed E-state index contributed by atoms with van der Waals surface area (Å²) in [5, 5.41) is 7.23. The maximum absolute atomic E-state index is 12.2. The highest BCUT2D eigenvalue weighted by Crippen LogP contribution is 2.18. The molecule has 0 bridgehead atoms. The number of ether oxygens (including phenoxy) is 1. The molecule has 0 aliphatic carbocycles. The fourth-order valence-electron chi connectivity index (χ4n) is 2.71. The second-order valence-corrected chi connectivity index (χ2v) is 5.83. The number of anilines is 1. The minimum Gasteiger partial charge on any atom is -0.381 e. The van der Waals surface area contributed by atoms with Crippen molar-refractivity contribution in [2.75, 3.05) is 18.5 Å². The molecule has 3 rings (SSSR count). The fourth-order valence-corrected chi connectivity index (χ4v) is 2.71. The molecular weight excluding hydrogens is 278 g/mol. The van der Waals surface area contributed by atoms with Crippen LogP contribution in [0.2, 0.25) is 0 Å². The van der Waals surface area contributed by atoms with Gasteiger partial charge >= 0.3 is 0 Å². The van der Waals surface area contributed by atoms with E-state index in [9.17, 15) is 4.79 Å². The maximum Gasteiger partial charge on any atom is 0.255 e. The summed E-state index contributed by atoms with van der Waals surface area (Å²) >= 11 is 0. The molecule has 1 aromatic heterocycles. The number of amides is 1. The van der Waals surface area contributed by atoms with Gasteiger partial charge in [0, 0.05) is 31.5 Å². The van der Waals surface area contributed by atoms with Crippen LogP contribution in [0.5, 0.6) is 0 Å². The number of hydrogen-bond donors (Lipinski definition) is 1. The number of aromatic nitrogens is 2. The molecule has 22 heavy (non-hydrogen) atoms. The zero-order valence-corrected chi connectivity index (χ0v) is 12.8.